The van der Waals surface area contributed by atoms with Gasteiger partial charge in [0.25, 0.3) is 0 Å². The van der Waals surface area contributed by atoms with E-state index < -0.39 is 6.10 Å². The molecular weight excluding hydrogens is 306 g/mol. The number of benzene rings is 2. The highest BCUT2D eigenvalue weighted by Gasteiger charge is 2.14. The van der Waals surface area contributed by atoms with Crippen molar-refractivity contribution >= 4 is 11.8 Å². The molecule has 0 spiro atoms. The summed E-state index contributed by atoms with van der Waals surface area (Å²) in [4.78, 5) is 4.12. The Hall–Kier alpha value is -2.04. The summed E-state index contributed by atoms with van der Waals surface area (Å²) in [7, 11) is 0. The fraction of sp³-hybridized carbons (Fsp3) is 0.211. The summed E-state index contributed by atoms with van der Waals surface area (Å²) in [5.41, 5.74) is 3.61. The molecule has 1 atom stereocenters. The van der Waals surface area contributed by atoms with Crippen LogP contribution >= 0.6 is 11.8 Å². The van der Waals surface area contributed by atoms with Gasteiger partial charge in [-0.25, -0.2) is 4.98 Å². The third kappa shape index (κ3) is 4.03. The van der Waals surface area contributed by atoms with Crippen molar-refractivity contribution in [2.75, 3.05) is 6.26 Å². The third-order valence-corrected chi connectivity index (χ3v) is 4.35. The number of thioether (sulfide) groups is 1. The van der Waals surface area contributed by atoms with Gasteiger partial charge in [0.15, 0.2) is 5.09 Å². The maximum atomic E-state index is 10.2. The Balaban J connectivity index is 1.60. The molecule has 3 nitrogen and oxygen atoms in total. The number of hydrogen-bond donors (Lipinski definition) is 1. The lowest BCUT2D eigenvalue weighted by Crippen LogP contribution is -1.99. The van der Waals surface area contributed by atoms with Gasteiger partial charge in [0.1, 0.15) is 6.10 Å². The summed E-state index contributed by atoms with van der Waals surface area (Å²) >= 11 is 1.48. The number of aliphatic hydroxyl groups excluding tert-OH is 1. The molecule has 0 fully saturated rings. The number of nitrogens with zero attached hydrogens (tertiary/aromatic N) is 1. The van der Waals surface area contributed by atoms with Crippen molar-refractivity contribution in [2.24, 2.45) is 0 Å². The zero-order valence-corrected chi connectivity index (χ0v) is 13.8. The van der Waals surface area contributed by atoms with E-state index in [4.69, 9.17) is 4.42 Å². The van der Waals surface area contributed by atoms with Gasteiger partial charge in [-0.1, -0.05) is 66.4 Å². The second-order valence-corrected chi connectivity index (χ2v) is 6.15. The second-order valence-electron chi connectivity index (χ2n) is 5.34. The van der Waals surface area contributed by atoms with Crippen LogP contribution in [0.5, 0.6) is 0 Å². The molecule has 3 rings (SSSR count). The Morgan fingerprint density at radius 2 is 1.74 bits per heavy atom. The van der Waals surface area contributed by atoms with E-state index in [-0.39, 0.29) is 0 Å². The van der Waals surface area contributed by atoms with Crippen molar-refractivity contribution in [3.05, 3.63) is 72.2 Å². The number of hydrogen-bond acceptors (Lipinski definition) is 4. The number of aliphatic hydroxyl groups is 1. The van der Waals surface area contributed by atoms with Gasteiger partial charge in [-0.05, 0) is 35.8 Å². The number of rotatable bonds is 6. The van der Waals surface area contributed by atoms with E-state index in [1.807, 2.05) is 24.5 Å². The van der Waals surface area contributed by atoms with Gasteiger partial charge >= 0.3 is 0 Å². The standard InChI is InChI=1S/C19H19NO2S/c1-23-18-13-20-19(22-18)17(21)12-9-14-7-10-16(11-8-14)15-5-3-2-4-6-15/h2-8,10-11,13,17,21H,9,12H2,1H3. The Labute approximate surface area is 140 Å². The van der Waals surface area contributed by atoms with Gasteiger partial charge in [0, 0.05) is 0 Å². The summed E-state index contributed by atoms with van der Waals surface area (Å²) in [6, 6.07) is 18.8. The van der Waals surface area contributed by atoms with Crippen molar-refractivity contribution in [1.29, 1.82) is 0 Å². The molecule has 0 bridgehead atoms. The normalized spacial score (nSPS) is 12.3. The highest BCUT2D eigenvalue weighted by Crippen LogP contribution is 2.24. The van der Waals surface area contributed by atoms with E-state index in [2.05, 4.69) is 41.4 Å². The smallest absolute Gasteiger partial charge is 0.224 e. The van der Waals surface area contributed by atoms with E-state index in [1.165, 1.54) is 28.5 Å². The van der Waals surface area contributed by atoms with Crippen LogP contribution in [0.25, 0.3) is 11.1 Å². The molecule has 118 valence electrons. The fourth-order valence-electron chi connectivity index (χ4n) is 2.44. The maximum Gasteiger partial charge on any atom is 0.224 e. The molecule has 0 radical (unpaired) electrons. The van der Waals surface area contributed by atoms with Crippen molar-refractivity contribution < 1.29 is 9.52 Å². The van der Waals surface area contributed by atoms with E-state index in [0.717, 1.165) is 11.5 Å². The van der Waals surface area contributed by atoms with E-state index in [1.54, 1.807) is 6.20 Å². The van der Waals surface area contributed by atoms with E-state index in [0.29, 0.717) is 12.3 Å². The fourth-order valence-corrected chi connectivity index (χ4v) is 2.77. The maximum absolute atomic E-state index is 10.2. The minimum absolute atomic E-state index is 0.398. The highest BCUT2D eigenvalue weighted by molar-refractivity contribution is 7.98. The lowest BCUT2D eigenvalue weighted by molar-refractivity contribution is 0.129. The molecule has 0 aliphatic rings. The van der Waals surface area contributed by atoms with Crippen molar-refractivity contribution in [2.45, 2.75) is 24.0 Å². The largest absolute Gasteiger partial charge is 0.432 e. The molecule has 0 saturated carbocycles. The van der Waals surface area contributed by atoms with Crippen LogP contribution in [0.3, 0.4) is 0 Å². The summed E-state index contributed by atoms with van der Waals surface area (Å²) in [6.07, 6.45) is 4.29. The van der Waals surface area contributed by atoms with E-state index >= 15 is 0 Å². The van der Waals surface area contributed by atoms with Crippen LogP contribution < -0.4 is 0 Å². The zero-order valence-electron chi connectivity index (χ0n) is 13.0. The van der Waals surface area contributed by atoms with Gasteiger partial charge in [0.2, 0.25) is 5.89 Å². The molecule has 2 aromatic carbocycles. The molecule has 3 aromatic rings. The third-order valence-electron chi connectivity index (χ3n) is 3.76. The molecule has 4 heteroatoms. The number of aromatic nitrogens is 1. The Kier molecular flexibility index (Phi) is 5.16. The highest BCUT2D eigenvalue weighted by atomic mass is 32.2. The molecule has 1 heterocycles. The minimum atomic E-state index is -0.662. The first-order valence-corrected chi connectivity index (χ1v) is 8.81. The Morgan fingerprint density at radius 3 is 2.39 bits per heavy atom. The van der Waals surface area contributed by atoms with Crippen LogP contribution in [0, 0.1) is 0 Å². The zero-order chi connectivity index (χ0) is 16.1. The van der Waals surface area contributed by atoms with Gasteiger partial charge in [-0.3, -0.25) is 0 Å². The van der Waals surface area contributed by atoms with Gasteiger partial charge in [0.05, 0.1) is 6.20 Å². The minimum Gasteiger partial charge on any atom is -0.432 e. The molecular formula is C19H19NO2S. The first kappa shape index (κ1) is 15.8. The van der Waals surface area contributed by atoms with Crippen molar-refractivity contribution in [3.8, 4) is 11.1 Å². The first-order valence-electron chi connectivity index (χ1n) is 7.58. The lowest BCUT2D eigenvalue weighted by Gasteiger charge is -2.08. The summed E-state index contributed by atoms with van der Waals surface area (Å²) in [6.45, 7) is 0. The van der Waals surface area contributed by atoms with E-state index in [9.17, 15) is 5.11 Å². The monoisotopic (exact) mass is 325 g/mol. The van der Waals surface area contributed by atoms with Crippen LogP contribution in [0.1, 0.15) is 24.0 Å². The topological polar surface area (TPSA) is 46.3 Å². The second kappa shape index (κ2) is 7.49. The molecule has 1 unspecified atom stereocenters. The SMILES string of the molecule is CSc1cnc(C(O)CCc2ccc(-c3ccccc3)cc2)o1. The average molecular weight is 325 g/mol. The van der Waals surface area contributed by atoms with Crippen LogP contribution in [0.2, 0.25) is 0 Å². The molecule has 1 N–H and O–H groups in total. The van der Waals surface area contributed by atoms with Gasteiger partial charge in [-0.15, -0.1) is 0 Å². The lowest BCUT2D eigenvalue weighted by atomic mass is 10.0. The van der Waals surface area contributed by atoms with Crippen LogP contribution in [0.4, 0.5) is 0 Å². The summed E-state index contributed by atoms with van der Waals surface area (Å²) < 4.78 is 5.46. The quantitative estimate of drug-likeness (QED) is 0.666. The first-order chi connectivity index (χ1) is 11.3. The number of aryl methyl sites for hydroxylation is 1. The van der Waals surface area contributed by atoms with Crippen molar-refractivity contribution in [1.82, 2.24) is 4.98 Å². The predicted molar refractivity (Wildman–Crippen MR) is 93.4 cm³/mol. The van der Waals surface area contributed by atoms with Crippen LogP contribution in [0.15, 0.2) is 70.3 Å². The average Bonchev–Trinajstić information content (AvgIpc) is 3.10. The molecule has 0 aliphatic heterocycles. The van der Waals surface area contributed by atoms with Gasteiger partial charge in [-0.2, -0.15) is 0 Å². The number of oxazole rings is 1. The molecule has 0 aliphatic carbocycles. The van der Waals surface area contributed by atoms with Gasteiger partial charge < -0.3 is 9.52 Å². The van der Waals surface area contributed by atoms with Crippen LogP contribution in [-0.2, 0) is 6.42 Å². The summed E-state index contributed by atoms with van der Waals surface area (Å²) in [5.74, 6) is 0.398. The molecule has 0 saturated heterocycles. The Bertz CT molecular complexity index is 738. The molecule has 0 amide bonds. The predicted octanol–water partition coefficient (Wildman–Crippen LogP) is 4.73. The van der Waals surface area contributed by atoms with Crippen LogP contribution in [-0.4, -0.2) is 16.3 Å². The Morgan fingerprint density at radius 1 is 1.04 bits per heavy atom. The molecule has 23 heavy (non-hydrogen) atoms. The van der Waals surface area contributed by atoms with Crippen molar-refractivity contribution in [3.63, 3.8) is 0 Å². The summed E-state index contributed by atoms with van der Waals surface area (Å²) in [5, 5.41) is 10.9. The molecule has 1 aromatic heterocycles.